The van der Waals surface area contributed by atoms with Gasteiger partial charge in [0.25, 0.3) is 5.91 Å². The van der Waals surface area contributed by atoms with E-state index < -0.39 is 24.5 Å². The van der Waals surface area contributed by atoms with Crippen LogP contribution in [0.4, 0.5) is 4.79 Å². The molecule has 1 aromatic carbocycles. The molecule has 1 fully saturated rings. The average molecular weight is 350 g/mol. The van der Waals surface area contributed by atoms with E-state index in [0.717, 1.165) is 5.56 Å². The number of hydroxylamine groups is 3. The van der Waals surface area contributed by atoms with Crippen LogP contribution in [0.3, 0.4) is 0 Å². The van der Waals surface area contributed by atoms with Crippen LogP contribution < -0.4 is 11.2 Å². The van der Waals surface area contributed by atoms with E-state index in [1.54, 1.807) is 6.92 Å². The monoisotopic (exact) mass is 350 g/mol. The predicted octanol–water partition coefficient (Wildman–Crippen LogP) is 0.168. The molecule has 1 aliphatic heterocycles. The molecule has 0 bridgehead atoms. The number of primary amides is 1. The normalized spacial score (nSPS) is 17.5. The van der Waals surface area contributed by atoms with Gasteiger partial charge in [-0.3, -0.25) is 19.3 Å². The molecule has 0 unspecified atom stereocenters. The molecule has 0 radical (unpaired) electrons. The third kappa shape index (κ3) is 5.16. The minimum Gasteiger partial charge on any atom is -0.368 e. The van der Waals surface area contributed by atoms with Crippen molar-refractivity contribution in [3.05, 3.63) is 35.9 Å². The molecule has 0 spiro atoms. The molecule has 9 nitrogen and oxygen atoms in total. The first-order valence-electron chi connectivity index (χ1n) is 7.97. The molecule has 9 heteroatoms. The molecule has 1 saturated heterocycles. The second kappa shape index (κ2) is 9.00. The first-order chi connectivity index (χ1) is 12.0. The minimum absolute atomic E-state index is 0.267. The molecular weight excluding hydrogens is 328 g/mol. The molecule has 1 heterocycles. The Kier molecular flexibility index (Phi) is 6.72. The second-order valence-electron chi connectivity index (χ2n) is 5.46. The molecule has 3 N–H and O–H groups in total. The summed E-state index contributed by atoms with van der Waals surface area (Å²) in [5, 5.41) is 1.25. The number of nitrogens with two attached hydrogens (primary N) is 1. The first kappa shape index (κ1) is 18.7. The van der Waals surface area contributed by atoms with E-state index in [-0.39, 0.29) is 19.2 Å². The molecule has 0 aliphatic carbocycles. The SMILES string of the molecule is CCN1C(=O)N(OCc2ccccc2)CC[C@H]1C(=O)NOCC(N)=O. The number of likely N-dealkylation sites (N-methyl/N-ethyl adjacent to an activating group) is 1. The summed E-state index contributed by atoms with van der Waals surface area (Å²) < 4.78 is 0. The quantitative estimate of drug-likeness (QED) is 0.649. The summed E-state index contributed by atoms with van der Waals surface area (Å²) >= 11 is 0. The molecule has 4 amide bonds. The average Bonchev–Trinajstić information content (AvgIpc) is 2.60. The summed E-state index contributed by atoms with van der Waals surface area (Å²) in [6.45, 7) is 2.21. The van der Waals surface area contributed by atoms with Crippen molar-refractivity contribution in [2.24, 2.45) is 5.73 Å². The Morgan fingerprint density at radius 3 is 2.68 bits per heavy atom. The maximum atomic E-state index is 12.5. The Labute approximate surface area is 145 Å². The van der Waals surface area contributed by atoms with Crippen molar-refractivity contribution in [3.63, 3.8) is 0 Å². The fraction of sp³-hybridized carbons (Fsp3) is 0.438. The van der Waals surface area contributed by atoms with E-state index in [0.29, 0.717) is 13.0 Å². The smallest absolute Gasteiger partial charge is 0.344 e. The zero-order chi connectivity index (χ0) is 18.2. The summed E-state index contributed by atoms with van der Waals surface area (Å²) in [5.74, 6) is -1.20. The van der Waals surface area contributed by atoms with E-state index in [1.807, 2.05) is 30.3 Å². The van der Waals surface area contributed by atoms with Gasteiger partial charge >= 0.3 is 6.03 Å². The number of urea groups is 1. The number of benzene rings is 1. The highest BCUT2D eigenvalue weighted by Gasteiger charge is 2.37. The fourth-order valence-corrected chi connectivity index (χ4v) is 2.49. The fourth-order valence-electron chi connectivity index (χ4n) is 2.49. The van der Waals surface area contributed by atoms with Crippen molar-refractivity contribution < 1.29 is 24.1 Å². The number of rotatable bonds is 8. The summed E-state index contributed by atoms with van der Waals surface area (Å²) in [6.07, 6.45) is 0.375. The van der Waals surface area contributed by atoms with Crippen molar-refractivity contribution in [2.75, 3.05) is 19.7 Å². The van der Waals surface area contributed by atoms with Crippen LogP contribution in [0, 0.1) is 0 Å². The van der Waals surface area contributed by atoms with Crippen LogP contribution in [-0.2, 0) is 25.9 Å². The number of hydrogen-bond acceptors (Lipinski definition) is 5. The molecule has 1 aliphatic rings. The van der Waals surface area contributed by atoms with Crippen molar-refractivity contribution in [1.29, 1.82) is 0 Å². The van der Waals surface area contributed by atoms with Gasteiger partial charge in [-0.1, -0.05) is 30.3 Å². The van der Waals surface area contributed by atoms with Gasteiger partial charge in [0.1, 0.15) is 12.6 Å². The van der Waals surface area contributed by atoms with Crippen LogP contribution in [0.1, 0.15) is 18.9 Å². The lowest BCUT2D eigenvalue weighted by molar-refractivity contribution is -0.161. The van der Waals surface area contributed by atoms with Crippen LogP contribution in [0.25, 0.3) is 0 Å². The maximum absolute atomic E-state index is 12.5. The van der Waals surface area contributed by atoms with Gasteiger partial charge in [-0.25, -0.2) is 15.3 Å². The molecule has 1 atom stereocenters. The van der Waals surface area contributed by atoms with Crippen molar-refractivity contribution in [2.45, 2.75) is 26.0 Å². The Hall–Kier alpha value is -2.65. The molecule has 1 aromatic rings. The Morgan fingerprint density at radius 1 is 1.32 bits per heavy atom. The molecule has 2 rings (SSSR count). The van der Waals surface area contributed by atoms with E-state index in [1.165, 1.54) is 9.96 Å². The van der Waals surface area contributed by atoms with Gasteiger partial charge in [-0.15, -0.1) is 0 Å². The second-order valence-corrected chi connectivity index (χ2v) is 5.46. The van der Waals surface area contributed by atoms with Gasteiger partial charge in [0, 0.05) is 6.54 Å². The molecule has 0 saturated carbocycles. The van der Waals surface area contributed by atoms with Crippen LogP contribution in [-0.4, -0.2) is 53.5 Å². The van der Waals surface area contributed by atoms with Gasteiger partial charge in [-0.05, 0) is 18.9 Å². The zero-order valence-electron chi connectivity index (χ0n) is 14.0. The van der Waals surface area contributed by atoms with Crippen LogP contribution >= 0.6 is 0 Å². The van der Waals surface area contributed by atoms with Crippen molar-refractivity contribution in [1.82, 2.24) is 15.4 Å². The molecule has 136 valence electrons. The number of nitrogens with one attached hydrogen (secondary N) is 1. The van der Waals surface area contributed by atoms with E-state index in [2.05, 4.69) is 5.48 Å². The summed E-state index contributed by atoms with van der Waals surface area (Å²) in [4.78, 5) is 46.9. The topological polar surface area (TPSA) is 114 Å². The molecule has 25 heavy (non-hydrogen) atoms. The lowest BCUT2D eigenvalue weighted by Crippen LogP contribution is -2.58. The first-order valence-corrected chi connectivity index (χ1v) is 7.97. The highest BCUT2D eigenvalue weighted by molar-refractivity contribution is 5.87. The van der Waals surface area contributed by atoms with Gasteiger partial charge in [0.15, 0.2) is 6.61 Å². The Bertz CT molecular complexity index is 610. The van der Waals surface area contributed by atoms with Gasteiger partial charge < -0.3 is 10.6 Å². The number of hydrogen-bond donors (Lipinski definition) is 2. The standard InChI is InChI=1S/C16H22N4O5/c1-2-19-13(15(22)18-24-11-14(17)21)8-9-20(16(19)23)25-10-12-6-4-3-5-7-12/h3-7,13H,2,8-11H2,1H3,(H2,17,21)(H,18,22)/t13-/m0/s1. The highest BCUT2D eigenvalue weighted by atomic mass is 16.7. The zero-order valence-corrected chi connectivity index (χ0v) is 14.0. The largest absolute Gasteiger partial charge is 0.368 e. The number of carbonyl (C=O) groups is 3. The van der Waals surface area contributed by atoms with E-state index >= 15 is 0 Å². The minimum atomic E-state index is -0.701. The van der Waals surface area contributed by atoms with Crippen molar-refractivity contribution >= 4 is 17.8 Å². The lowest BCUT2D eigenvalue weighted by Gasteiger charge is -2.39. The maximum Gasteiger partial charge on any atom is 0.344 e. The van der Waals surface area contributed by atoms with Gasteiger partial charge in [0.05, 0.1) is 6.54 Å². The Morgan fingerprint density at radius 2 is 2.04 bits per heavy atom. The van der Waals surface area contributed by atoms with Gasteiger partial charge in [-0.2, -0.15) is 0 Å². The molecular formula is C16H22N4O5. The lowest BCUT2D eigenvalue weighted by atomic mass is 10.1. The van der Waals surface area contributed by atoms with E-state index in [9.17, 15) is 14.4 Å². The van der Waals surface area contributed by atoms with Crippen LogP contribution in [0.5, 0.6) is 0 Å². The summed E-state index contributed by atoms with van der Waals surface area (Å²) in [5.41, 5.74) is 8.02. The highest BCUT2D eigenvalue weighted by Crippen LogP contribution is 2.18. The number of amides is 4. The van der Waals surface area contributed by atoms with Crippen LogP contribution in [0.15, 0.2) is 30.3 Å². The molecule has 0 aromatic heterocycles. The third-order valence-electron chi connectivity index (χ3n) is 3.70. The Balaban J connectivity index is 1.90. The van der Waals surface area contributed by atoms with Crippen molar-refractivity contribution in [3.8, 4) is 0 Å². The summed E-state index contributed by atoms with van der Waals surface area (Å²) in [6, 6.07) is 8.40. The number of nitrogens with zero attached hydrogens (tertiary/aromatic N) is 2. The van der Waals surface area contributed by atoms with Gasteiger partial charge in [0.2, 0.25) is 5.91 Å². The summed E-state index contributed by atoms with van der Waals surface area (Å²) in [7, 11) is 0. The van der Waals surface area contributed by atoms with E-state index in [4.69, 9.17) is 15.4 Å². The number of carbonyl (C=O) groups excluding carboxylic acids is 3. The van der Waals surface area contributed by atoms with Crippen LogP contribution in [0.2, 0.25) is 0 Å². The predicted molar refractivity (Wildman–Crippen MR) is 87.4 cm³/mol. The third-order valence-corrected chi connectivity index (χ3v) is 3.70.